The van der Waals surface area contributed by atoms with Crippen molar-refractivity contribution >= 4 is 6.03 Å². The highest BCUT2D eigenvalue weighted by Gasteiger charge is 2.08. The molecule has 1 unspecified atom stereocenters. The molecular formula is C13H15N3O. The zero-order valence-corrected chi connectivity index (χ0v) is 9.71. The molecule has 1 aromatic carbocycles. The quantitative estimate of drug-likeness (QED) is 0.875. The van der Waals surface area contributed by atoms with Gasteiger partial charge in [0.2, 0.25) is 0 Å². The molecule has 0 saturated heterocycles. The van der Waals surface area contributed by atoms with E-state index < -0.39 is 0 Å². The largest absolute Gasteiger partial charge is 0.335 e. The van der Waals surface area contributed by atoms with Gasteiger partial charge in [-0.25, -0.2) is 9.78 Å². The van der Waals surface area contributed by atoms with Crippen molar-refractivity contribution in [2.45, 2.75) is 19.4 Å². The van der Waals surface area contributed by atoms with Gasteiger partial charge in [-0.1, -0.05) is 30.3 Å². The van der Waals surface area contributed by atoms with E-state index in [1.807, 2.05) is 25.1 Å². The maximum atomic E-state index is 11.7. The van der Waals surface area contributed by atoms with Crippen molar-refractivity contribution in [3.63, 3.8) is 0 Å². The summed E-state index contributed by atoms with van der Waals surface area (Å²) in [7, 11) is 0. The smallest absolute Gasteiger partial charge is 0.327 e. The van der Waals surface area contributed by atoms with Crippen LogP contribution in [0.2, 0.25) is 0 Å². The van der Waals surface area contributed by atoms with Crippen LogP contribution in [-0.4, -0.2) is 21.6 Å². The highest BCUT2D eigenvalue weighted by molar-refractivity contribution is 5.76. The lowest BCUT2D eigenvalue weighted by Crippen LogP contribution is -2.36. The molecule has 4 nitrogen and oxygen atoms in total. The van der Waals surface area contributed by atoms with Gasteiger partial charge in [0.15, 0.2) is 0 Å². The molecule has 4 heteroatoms. The molecule has 0 aliphatic heterocycles. The molecule has 1 heterocycles. The van der Waals surface area contributed by atoms with Crippen LogP contribution in [0.3, 0.4) is 0 Å². The molecule has 0 aliphatic carbocycles. The van der Waals surface area contributed by atoms with Gasteiger partial charge in [-0.05, 0) is 18.9 Å². The second kappa shape index (κ2) is 5.30. The minimum absolute atomic E-state index is 0.0901. The summed E-state index contributed by atoms with van der Waals surface area (Å²) in [6, 6.07) is 10.0. The second-order valence-corrected chi connectivity index (χ2v) is 4.01. The molecule has 0 bridgehead atoms. The Bertz CT molecular complexity index is 465. The van der Waals surface area contributed by atoms with E-state index in [-0.39, 0.29) is 12.1 Å². The van der Waals surface area contributed by atoms with Crippen LogP contribution in [0.1, 0.15) is 12.5 Å². The van der Waals surface area contributed by atoms with E-state index in [0.29, 0.717) is 0 Å². The lowest BCUT2D eigenvalue weighted by Gasteiger charge is -2.13. The number of hydrogen-bond donors (Lipinski definition) is 1. The fourth-order valence-corrected chi connectivity index (χ4v) is 1.68. The highest BCUT2D eigenvalue weighted by Crippen LogP contribution is 2.02. The zero-order chi connectivity index (χ0) is 12.1. The van der Waals surface area contributed by atoms with Gasteiger partial charge in [0.05, 0.1) is 0 Å². The molecule has 88 valence electrons. The van der Waals surface area contributed by atoms with Crippen LogP contribution in [0.25, 0.3) is 0 Å². The normalized spacial score (nSPS) is 12.1. The molecule has 1 amide bonds. The van der Waals surface area contributed by atoms with Gasteiger partial charge >= 0.3 is 6.03 Å². The van der Waals surface area contributed by atoms with Crippen LogP contribution >= 0.6 is 0 Å². The summed E-state index contributed by atoms with van der Waals surface area (Å²) in [4.78, 5) is 15.6. The summed E-state index contributed by atoms with van der Waals surface area (Å²) in [5.74, 6) is 0. The Kier molecular flexibility index (Phi) is 3.55. The third-order valence-electron chi connectivity index (χ3n) is 2.49. The molecule has 1 atom stereocenters. The number of imidazole rings is 1. The summed E-state index contributed by atoms with van der Waals surface area (Å²) in [6.07, 6.45) is 5.53. The first-order valence-corrected chi connectivity index (χ1v) is 5.58. The van der Waals surface area contributed by atoms with Crippen molar-refractivity contribution in [2.24, 2.45) is 0 Å². The molecule has 17 heavy (non-hydrogen) atoms. The summed E-state index contributed by atoms with van der Waals surface area (Å²) < 4.78 is 1.43. The number of aromatic nitrogens is 2. The van der Waals surface area contributed by atoms with Gasteiger partial charge in [0.25, 0.3) is 0 Å². The third-order valence-corrected chi connectivity index (χ3v) is 2.49. The van der Waals surface area contributed by atoms with Crippen LogP contribution in [0, 0.1) is 0 Å². The molecule has 0 radical (unpaired) electrons. The minimum atomic E-state index is -0.147. The highest BCUT2D eigenvalue weighted by atomic mass is 16.2. The summed E-state index contributed by atoms with van der Waals surface area (Å²) in [5, 5.41) is 2.91. The van der Waals surface area contributed by atoms with Crippen molar-refractivity contribution in [3.8, 4) is 0 Å². The third kappa shape index (κ3) is 3.17. The van der Waals surface area contributed by atoms with Crippen molar-refractivity contribution in [1.29, 1.82) is 0 Å². The Morgan fingerprint density at radius 2 is 2.18 bits per heavy atom. The van der Waals surface area contributed by atoms with Crippen molar-refractivity contribution in [1.82, 2.24) is 14.9 Å². The molecular weight excluding hydrogens is 214 g/mol. The molecule has 1 N–H and O–H groups in total. The standard InChI is InChI=1S/C13H15N3O/c1-11(9-12-5-3-2-4-6-12)15-13(17)16-8-7-14-10-16/h2-8,10-11H,9H2,1H3,(H,15,17). The molecule has 2 rings (SSSR count). The fraction of sp³-hybridized carbons (Fsp3) is 0.231. The van der Waals surface area contributed by atoms with Gasteiger partial charge in [0.1, 0.15) is 6.33 Å². The summed E-state index contributed by atoms with van der Waals surface area (Å²) >= 11 is 0. The molecule has 2 aromatic rings. The van der Waals surface area contributed by atoms with E-state index in [4.69, 9.17) is 0 Å². The number of rotatable bonds is 3. The number of carbonyl (C=O) groups excluding carboxylic acids is 1. The first kappa shape index (κ1) is 11.4. The number of nitrogens with one attached hydrogen (secondary N) is 1. The lowest BCUT2D eigenvalue weighted by atomic mass is 10.1. The maximum absolute atomic E-state index is 11.7. The van der Waals surface area contributed by atoms with Crippen LogP contribution in [-0.2, 0) is 6.42 Å². The van der Waals surface area contributed by atoms with Crippen LogP contribution in [0.4, 0.5) is 4.79 Å². The first-order valence-electron chi connectivity index (χ1n) is 5.58. The predicted molar refractivity (Wildman–Crippen MR) is 65.8 cm³/mol. The Balaban J connectivity index is 1.90. The molecule has 0 aliphatic rings. The average molecular weight is 229 g/mol. The van der Waals surface area contributed by atoms with Crippen LogP contribution in [0.5, 0.6) is 0 Å². The Labute approximate surface area is 100 Å². The van der Waals surface area contributed by atoms with E-state index >= 15 is 0 Å². The van der Waals surface area contributed by atoms with E-state index in [9.17, 15) is 4.79 Å². The number of benzene rings is 1. The second-order valence-electron chi connectivity index (χ2n) is 4.01. The number of carbonyl (C=O) groups is 1. The Morgan fingerprint density at radius 3 is 2.82 bits per heavy atom. The monoisotopic (exact) mass is 229 g/mol. The predicted octanol–water partition coefficient (Wildman–Crippen LogP) is 2.07. The molecule has 0 saturated carbocycles. The summed E-state index contributed by atoms with van der Waals surface area (Å²) in [6.45, 7) is 1.99. The Morgan fingerprint density at radius 1 is 1.41 bits per heavy atom. The number of amides is 1. The zero-order valence-electron chi connectivity index (χ0n) is 9.71. The SMILES string of the molecule is CC(Cc1ccccc1)NC(=O)n1ccnc1. The molecule has 0 fully saturated rings. The van der Waals surface area contributed by atoms with Crippen molar-refractivity contribution < 1.29 is 4.79 Å². The molecule has 0 spiro atoms. The topological polar surface area (TPSA) is 46.9 Å². The number of nitrogens with zero attached hydrogens (tertiary/aromatic N) is 2. The lowest BCUT2D eigenvalue weighted by molar-refractivity contribution is 0.239. The van der Waals surface area contributed by atoms with Crippen LogP contribution < -0.4 is 5.32 Å². The van der Waals surface area contributed by atoms with Gasteiger partial charge in [0, 0.05) is 18.4 Å². The van der Waals surface area contributed by atoms with E-state index in [1.165, 1.54) is 16.5 Å². The Hall–Kier alpha value is -2.10. The van der Waals surface area contributed by atoms with Crippen molar-refractivity contribution in [2.75, 3.05) is 0 Å². The van der Waals surface area contributed by atoms with Crippen LogP contribution in [0.15, 0.2) is 49.1 Å². The van der Waals surface area contributed by atoms with Crippen molar-refractivity contribution in [3.05, 3.63) is 54.6 Å². The van der Waals surface area contributed by atoms with Gasteiger partial charge in [-0.15, -0.1) is 0 Å². The summed E-state index contributed by atoms with van der Waals surface area (Å²) in [5.41, 5.74) is 1.21. The van der Waals surface area contributed by atoms with E-state index in [0.717, 1.165) is 6.42 Å². The average Bonchev–Trinajstić information content (AvgIpc) is 2.83. The number of hydrogen-bond acceptors (Lipinski definition) is 2. The van der Waals surface area contributed by atoms with E-state index in [2.05, 4.69) is 22.4 Å². The van der Waals surface area contributed by atoms with Gasteiger partial charge < -0.3 is 5.32 Å². The van der Waals surface area contributed by atoms with Gasteiger partial charge in [-0.2, -0.15) is 0 Å². The molecule has 1 aromatic heterocycles. The minimum Gasteiger partial charge on any atom is -0.335 e. The van der Waals surface area contributed by atoms with Gasteiger partial charge in [-0.3, -0.25) is 4.57 Å². The maximum Gasteiger partial charge on any atom is 0.327 e. The first-order chi connectivity index (χ1) is 8.25. The van der Waals surface area contributed by atoms with E-state index in [1.54, 1.807) is 12.4 Å². The fourth-order valence-electron chi connectivity index (χ4n) is 1.68.